The Bertz CT molecular complexity index is 908. The molecule has 1 saturated heterocycles. The Morgan fingerprint density at radius 2 is 2.14 bits per heavy atom. The van der Waals surface area contributed by atoms with Crippen molar-refractivity contribution >= 4 is 17.7 Å². The highest BCUT2D eigenvalue weighted by Crippen LogP contribution is 2.23. The maximum absolute atomic E-state index is 12.7. The molecule has 1 fully saturated rings. The number of nitrogens with one attached hydrogen (secondary N) is 2. The van der Waals surface area contributed by atoms with Crippen LogP contribution in [0.3, 0.4) is 0 Å². The van der Waals surface area contributed by atoms with E-state index in [1.807, 2.05) is 48.5 Å². The van der Waals surface area contributed by atoms with Crippen molar-refractivity contribution in [3.8, 4) is 11.3 Å². The van der Waals surface area contributed by atoms with Gasteiger partial charge < -0.3 is 9.73 Å². The number of anilines is 1. The van der Waals surface area contributed by atoms with Crippen LogP contribution < -0.4 is 5.32 Å². The molecular weight excluding hydrogens is 352 g/mol. The van der Waals surface area contributed by atoms with Crippen molar-refractivity contribution in [2.24, 2.45) is 5.92 Å². The monoisotopic (exact) mass is 376 g/mol. The topological polar surface area (TPSA) is 74.2 Å². The molecule has 1 aromatic carbocycles. The minimum atomic E-state index is 0.0566. The van der Waals surface area contributed by atoms with Gasteiger partial charge in [0.25, 0.3) is 0 Å². The summed E-state index contributed by atoms with van der Waals surface area (Å²) >= 11 is 0. The number of aromatic nitrogens is 2. The number of carbonyl (C=O) groups is 1. The molecule has 1 aliphatic heterocycles. The van der Waals surface area contributed by atoms with Crippen LogP contribution in [0.15, 0.2) is 65.4 Å². The minimum absolute atomic E-state index is 0.0566. The SMILES string of the molecule is O=C(Nc1cccc(-c2ccn[nH]2)c1)C1CCN(CC=Cc2ccco2)CC1. The van der Waals surface area contributed by atoms with Crippen LogP contribution in [0, 0.1) is 5.92 Å². The summed E-state index contributed by atoms with van der Waals surface area (Å²) in [6.07, 6.45) is 9.25. The van der Waals surface area contributed by atoms with E-state index in [0.29, 0.717) is 0 Å². The number of aromatic amines is 1. The highest BCUT2D eigenvalue weighted by Gasteiger charge is 2.24. The summed E-state index contributed by atoms with van der Waals surface area (Å²) in [4.78, 5) is 15.0. The first-order valence-corrected chi connectivity index (χ1v) is 9.61. The van der Waals surface area contributed by atoms with Crippen LogP contribution in [0.1, 0.15) is 18.6 Å². The molecule has 3 aromatic rings. The first-order chi connectivity index (χ1) is 13.8. The highest BCUT2D eigenvalue weighted by molar-refractivity contribution is 5.93. The van der Waals surface area contributed by atoms with E-state index in [0.717, 1.165) is 55.2 Å². The molecule has 6 heteroatoms. The van der Waals surface area contributed by atoms with Gasteiger partial charge in [-0.05, 0) is 62.3 Å². The zero-order valence-corrected chi connectivity index (χ0v) is 15.7. The number of likely N-dealkylation sites (tertiary alicyclic amines) is 1. The second-order valence-corrected chi connectivity index (χ2v) is 7.03. The van der Waals surface area contributed by atoms with E-state index >= 15 is 0 Å². The van der Waals surface area contributed by atoms with Crippen molar-refractivity contribution < 1.29 is 9.21 Å². The van der Waals surface area contributed by atoms with Gasteiger partial charge in [-0.1, -0.05) is 18.2 Å². The summed E-state index contributed by atoms with van der Waals surface area (Å²) in [5.41, 5.74) is 2.77. The molecule has 144 valence electrons. The largest absolute Gasteiger partial charge is 0.465 e. The van der Waals surface area contributed by atoms with Gasteiger partial charge in [0.15, 0.2) is 0 Å². The minimum Gasteiger partial charge on any atom is -0.465 e. The molecule has 0 saturated carbocycles. The third-order valence-electron chi connectivity index (χ3n) is 5.09. The van der Waals surface area contributed by atoms with E-state index in [1.165, 1.54) is 0 Å². The van der Waals surface area contributed by atoms with Gasteiger partial charge in [0.05, 0.1) is 12.0 Å². The normalized spacial score (nSPS) is 15.9. The van der Waals surface area contributed by atoms with Gasteiger partial charge in [-0.15, -0.1) is 0 Å². The van der Waals surface area contributed by atoms with Crippen LogP contribution in [0.4, 0.5) is 5.69 Å². The molecule has 1 aliphatic rings. The third kappa shape index (κ3) is 4.58. The molecule has 2 aromatic heterocycles. The lowest BCUT2D eigenvalue weighted by atomic mass is 9.95. The first-order valence-electron chi connectivity index (χ1n) is 9.61. The van der Waals surface area contributed by atoms with Crippen LogP contribution in [-0.2, 0) is 4.79 Å². The van der Waals surface area contributed by atoms with Gasteiger partial charge in [0.1, 0.15) is 5.76 Å². The van der Waals surface area contributed by atoms with Gasteiger partial charge in [-0.2, -0.15) is 5.10 Å². The Morgan fingerprint density at radius 3 is 2.89 bits per heavy atom. The third-order valence-corrected chi connectivity index (χ3v) is 5.09. The van der Waals surface area contributed by atoms with Crippen LogP contribution in [0.25, 0.3) is 17.3 Å². The molecular formula is C22H24N4O2. The molecule has 0 radical (unpaired) electrons. The molecule has 28 heavy (non-hydrogen) atoms. The molecule has 6 nitrogen and oxygen atoms in total. The zero-order chi connectivity index (χ0) is 19.2. The number of H-pyrrole nitrogens is 1. The number of furan rings is 1. The number of nitrogens with zero attached hydrogens (tertiary/aromatic N) is 2. The Morgan fingerprint density at radius 1 is 1.25 bits per heavy atom. The average Bonchev–Trinajstić information content (AvgIpc) is 3.43. The quantitative estimate of drug-likeness (QED) is 0.681. The summed E-state index contributed by atoms with van der Waals surface area (Å²) in [7, 11) is 0. The van der Waals surface area contributed by atoms with Crippen LogP contribution in [0.5, 0.6) is 0 Å². The van der Waals surface area contributed by atoms with Crippen molar-refractivity contribution in [3.63, 3.8) is 0 Å². The van der Waals surface area contributed by atoms with Gasteiger partial charge >= 0.3 is 0 Å². The number of amides is 1. The van der Waals surface area contributed by atoms with Crippen LogP contribution >= 0.6 is 0 Å². The molecule has 2 N–H and O–H groups in total. The molecule has 0 atom stereocenters. The number of piperidine rings is 1. The maximum Gasteiger partial charge on any atom is 0.227 e. The fourth-order valence-corrected chi connectivity index (χ4v) is 3.51. The van der Waals surface area contributed by atoms with Crippen LogP contribution in [0.2, 0.25) is 0 Å². The van der Waals surface area contributed by atoms with E-state index in [-0.39, 0.29) is 11.8 Å². The van der Waals surface area contributed by atoms with Gasteiger partial charge in [0, 0.05) is 29.9 Å². The van der Waals surface area contributed by atoms with Gasteiger partial charge in [-0.25, -0.2) is 0 Å². The molecule has 0 aliphatic carbocycles. The number of carbonyl (C=O) groups excluding carboxylic acids is 1. The van der Waals surface area contributed by atoms with Crippen molar-refractivity contribution in [2.75, 3.05) is 25.0 Å². The van der Waals surface area contributed by atoms with E-state index in [1.54, 1.807) is 12.5 Å². The molecule has 4 rings (SSSR count). The zero-order valence-electron chi connectivity index (χ0n) is 15.7. The fourth-order valence-electron chi connectivity index (χ4n) is 3.51. The lowest BCUT2D eigenvalue weighted by Gasteiger charge is -2.30. The summed E-state index contributed by atoms with van der Waals surface area (Å²) in [5, 5.41) is 10.00. The number of rotatable bonds is 6. The van der Waals surface area contributed by atoms with E-state index < -0.39 is 0 Å². The number of hydrogen-bond donors (Lipinski definition) is 2. The molecule has 0 bridgehead atoms. The van der Waals surface area contributed by atoms with E-state index in [9.17, 15) is 4.79 Å². The summed E-state index contributed by atoms with van der Waals surface area (Å²) in [5.74, 6) is 1.03. The Balaban J connectivity index is 1.27. The Kier molecular flexibility index (Phi) is 5.68. The second-order valence-electron chi connectivity index (χ2n) is 7.03. The first kappa shape index (κ1) is 18.3. The smallest absolute Gasteiger partial charge is 0.227 e. The maximum atomic E-state index is 12.7. The summed E-state index contributed by atoms with van der Waals surface area (Å²) in [6.45, 7) is 2.73. The Hall–Kier alpha value is -3.12. The van der Waals surface area contributed by atoms with Crippen molar-refractivity contribution in [1.82, 2.24) is 15.1 Å². The van der Waals surface area contributed by atoms with Gasteiger partial charge in [0.2, 0.25) is 5.91 Å². The fraction of sp³-hybridized carbons (Fsp3) is 0.273. The average molecular weight is 376 g/mol. The number of hydrogen-bond acceptors (Lipinski definition) is 4. The molecule has 0 spiro atoms. The second kappa shape index (κ2) is 8.71. The van der Waals surface area contributed by atoms with Crippen molar-refractivity contribution in [1.29, 1.82) is 0 Å². The predicted octanol–water partition coefficient (Wildman–Crippen LogP) is 4.03. The molecule has 1 amide bonds. The molecule has 3 heterocycles. The van der Waals surface area contributed by atoms with Crippen molar-refractivity contribution in [3.05, 3.63) is 66.8 Å². The Labute approximate surface area is 164 Å². The highest BCUT2D eigenvalue weighted by atomic mass is 16.3. The lowest BCUT2D eigenvalue weighted by molar-refractivity contribution is -0.121. The predicted molar refractivity (Wildman–Crippen MR) is 110 cm³/mol. The standard InChI is InChI=1S/C22H24N4O2/c27-22(24-19-5-1-4-18(16-19)21-8-11-23-25-21)17-9-13-26(14-10-17)12-2-6-20-7-3-15-28-20/h1-8,11,15-17H,9-10,12-14H2,(H,23,25)(H,24,27). The van der Waals surface area contributed by atoms with Gasteiger partial charge in [-0.3, -0.25) is 14.8 Å². The molecule has 0 unspecified atom stereocenters. The summed E-state index contributed by atoms with van der Waals surface area (Å²) in [6, 6.07) is 13.6. The van der Waals surface area contributed by atoms with E-state index in [4.69, 9.17) is 4.42 Å². The lowest BCUT2D eigenvalue weighted by Crippen LogP contribution is -2.38. The van der Waals surface area contributed by atoms with Crippen LogP contribution in [-0.4, -0.2) is 40.6 Å². The summed E-state index contributed by atoms with van der Waals surface area (Å²) < 4.78 is 5.30. The number of benzene rings is 1. The van der Waals surface area contributed by atoms with Crippen molar-refractivity contribution in [2.45, 2.75) is 12.8 Å². The van der Waals surface area contributed by atoms with E-state index in [2.05, 4.69) is 26.5 Å².